The first-order valence-corrected chi connectivity index (χ1v) is 8.39. The number of hydrogen-bond acceptors (Lipinski definition) is 6. The van der Waals surface area contributed by atoms with Crippen LogP contribution in [-0.4, -0.2) is 49.5 Å². The summed E-state index contributed by atoms with van der Waals surface area (Å²) in [4.78, 5) is 18.0. The third-order valence-electron chi connectivity index (χ3n) is 3.30. The first-order chi connectivity index (χ1) is 11.0. The zero-order chi connectivity index (χ0) is 16.4. The van der Waals surface area contributed by atoms with Crippen LogP contribution in [-0.2, 0) is 14.8 Å². The quantitative estimate of drug-likeness (QED) is 0.865. The fourth-order valence-corrected chi connectivity index (χ4v) is 3.15. The van der Waals surface area contributed by atoms with E-state index in [-0.39, 0.29) is 18.2 Å². The average molecular weight is 334 g/mol. The van der Waals surface area contributed by atoms with Gasteiger partial charge in [0.1, 0.15) is 11.5 Å². The number of sulfonamides is 1. The van der Waals surface area contributed by atoms with E-state index < -0.39 is 10.0 Å². The van der Waals surface area contributed by atoms with E-state index in [1.807, 2.05) is 0 Å². The number of carbonyl (C=O) groups is 1. The molecule has 0 unspecified atom stereocenters. The molecule has 1 amide bonds. The van der Waals surface area contributed by atoms with Gasteiger partial charge < -0.3 is 15.0 Å². The number of pyridine rings is 1. The van der Waals surface area contributed by atoms with Crippen LogP contribution in [0.1, 0.15) is 0 Å². The zero-order valence-corrected chi connectivity index (χ0v) is 13.1. The molecule has 8 nitrogen and oxygen atoms in total. The number of amides is 1. The molecule has 3 heterocycles. The molecule has 3 rings (SSSR count). The molecule has 1 N–H and O–H groups in total. The van der Waals surface area contributed by atoms with Crippen LogP contribution in [0.15, 0.2) is 46.7 Å². The summed E-state index contributed by atoms with van der Waals surface area (Å²) in [6, 6.07) is 3.36. The van der Waals surface area contributed by atoms with Crippen LogP contribution >= 0.6 is 0 Å². The molecule has 0 saturated heterocycles. The van der Waals surface area contributed by atoms with Gasteiger partial charge in [-0.25, -0.2) is 13.4 Å². The van der Waals surface area contributed by atoms with Crippen LogP contribution in [0, 0.1) is 0 Å². The normalized spacial score (nSPS) is 18.6. The van der Waals surface area contributed by atoms with Gasteiger partial charge in [-0.1, -0.05) is 0 Å². The van der Waals surface area contributed by atoms with Gasteiger partial charge in [-0.05, 0) is 24.3 Å². The molecule has 0 spiro atoms. The molecule has 0 fully saturated rings. The SMILES string of the molecule is COc1ncccc1NC(=O)C1=CN2CCS(=O)(=O)N=C2C=C1. The number of aromatic nitrogens is 1. The van der Waals surface area contributed by atoms with Gasteiger partial charge in [-0.2, -0.15) is 0 Å². The van der Waals surface area contributed by atoms with E-state index in [0.29, 0.717) is 23.0 Å². The minimum atomic E-state index is -3.41. The standard InChI is InChI=1S/C14H14N4O4S/c1-22-14-11(3-2-6-15-14)16-13(19)10-4-5-12-17-23(20,21)8-7-18(12)9-10/h2-6,9H,7-8H2,1H3,(H,16,19). The maximum Gasteiger partial charge on any atom is 0.257 e. The summed E-state index contributed by atoms with van der Waals surface area (Å²) >= 11 is 0. The second kappa shape index (κ2) is 5.84. The first kappa shape index (κ1) is 15.2. The minimum absolute atomic E-state index is 0.0772. The van der Waals surface area contributed by atoms with Gasteiger partial charge in [0, 0.05) is 18.9 Å². The number of amidine groups is 1. The van der Waals surface area contributed by atoms with Crippen molar-refractivity contribution in [1.82, 2.24) is 9.88 Å². The van der Waals surface area contributed by atoms with Crippen LogP contribution in [0.25, 0.3) is 0 Å². The number of rotatable bonds is 3. The molecule has 0 aliphatic carbocycles. The first-order valence-electron chi connectivity index (χ1n) is 6.78. The van der Waals surface area contributed by atoms with Crippen molar-refractivity contribution in [3.63, 3.8) is 0 Å². The van der Waals surface area contributed by atoms with Crippen molar-refractivity contribution >= 4 is 27.5 Å². The van der Waals surface area contributed by atoms with Gasteiger partial charge in [0.05, 0.1) is 18.4 Å². The van der Waals surface area contributed by atoms with Crippen molar-refractivity contribution in [3.8, 4) is 5.88 Å². The van der Waals surface area contributed by atoms with Crippen molar-refractivity contribution in [2.75, 3.05) is 24.7 Å². The van der Waals surface area contributed by atoms with E-state index in [1.54, 1.807) is 29.4 Å². The molecule has 9 heteroatoms. The van der Waals surface area contributed by atoms with Crippen molar-refractivity contribution in [2.45, 2.75) is 0 Å². The summed E-state index contributed by atoms with van der Waals surface area (Å²) in [5.74, 6) is 0.200. The number of methoxy groups -OCH3 is 1. The molecule has 0 radical (unpaired) electrons. The Morgan fingerprint density at radius 2 is 2.22 bits per heavy atom. The average Bonchev–Trinajstić information content (AvgIpc) is 2.54. The topological polar surface area (TPSA) is 101 Å². The molecule has 2 aliphatic rings. The molecule has 0 atom stereocenters. The van der Waals surface area contributed by atoms with Crippen molar-refractivity contribution in [1.29, 1.82) is 0 Å². The van der Waals surface area contributed by atoms with E-state index in [0.717, 1.165) is 0 Å². The lowest BCUT2D eigenvalue weighted by Gasteiger charge is -2.26. The van der Waals surface area contributed by atoms with Gasteiger partial charge in [0.15, 0.2) is 0 Å². The fourth-order valence-electron chi connectivity index (χ4n) is 2.18. The molecule has 23 heavy (non-hydrogen) atoms. The molecule has 1 aromatic rings. The number of fused-ring (bicyclic) bond motifs is 1. The van der Waals surface area contributed by atoms with E-state index in [2.05, 4.69) is 14.7 Å². The Kier molecular flexibility index (Phi) is 3.87. The predicted molar refractivity (Wildman–Crippen MR) is 84.6 cm³/mol. The van der Waals surface area contributed by atoms with E-state index in [1.165, 1.54) is 19.3 Å². The van der Waals surface area contributed by atoms with Gasteiger partial charge in [-0.15, -0.1) is 4.40 Å². The maximum absolute atomic E-state index is 12.3. The number of ether oxygens (including phenoxy) is 1. The highest BCUT2D eigenvalue weighted by Gasteiger charge is 2.25. The van der Waals surface area contributed by atoms with Crippen molar-refractivity contribution < 1.29 is 17.9 Å². The van der Waals surface area contributed by atoms with E-state index in [4.69, 9.17) is 4.74 Å². The number of hydrogen-bond donors (Lipinski definition) is 1. The summed E-state index contributed by atoms with van der Waals surface area (Å²) in [6.45, 7) is 0.262. The highest BCUT2D eigenvalue weighted by Crippen LogP contribution is 2.22. The fraction of sp³-hybridized carbons (Fsp3) is 0.214. The van der Waals surface area contributed by atoms with E-state index in [9.17, 15) is 13.2 Å². The second-order valence-electron chi connectivity index (χ2n) is 4.86. The largest absolute Gasteiger partial charge is 0.480 e. The number of nitrogens with one attached hydrogen (secondary N) is 1. The molecule has 0 aromatic carbocycles. The Morgan fingerprint density at radius 1 is 1.39 bits per heavy atom. The van der Waals surface area contributed by atoms with Crippen molar-refractivity contribution in [3.05, 3.63) is 42.3 Å². The maximum atomic E-state index is 12.3. The number of carbonyl (C=O) groups excluding carboxylic acids is 1. The summed E-state index contributed by atoms with van der Waals surface area (Å²) in [5, 5.41) is 2.71. The number of anilines is 1. The highest BCUT2D eigenvalue weighted by molar-refractivity contribution is 7.90. The monoisotopic (exact) mass is 334 g/mol. The molecule has 0 saturated carbocycles. The minimum Gasteiger partial charge on any atom is -0.480 e. The van der Waals surface area contributed by atoms with E-state index >= 15 is 0 Å². The third-order valence-corrected chi connectivity index (χ3v) is 4.46. The van der Waals surface area contributed by atoms with Crippen LogP contribution in [0.2, 0.25) is 0 Å². The van der Waals surface area contributed by atoms with Gasteiger partial charge in [0.25, 0.3) is 15.9 Å². The lowest BCUT2D eigenvalue weighted by Crippen LogP contribution is -2.37. The molecular formula is C14H14N4O4S. The third kappa shape index (κ3) is 3.24. The molecule has 120 valence electrons. The summed E-state index contributed by atoms with van der Waals surface area (Å²) < 4.78 is 31.7. The zero-order valence-electron chi connectivity index (χ0n) is 12.3. The summed E-state index contributed by atoms with van der Waals surface area (Å²) in [7, 11) is -1.94. The summed E-state index contributed by atoms with van der Waals surface area (Å²) in [6.07, 6.45) is 6.16. The van der Waals surface area contributed by atoms with Crippen molar-refractivity contribution in [2.24, 2.45) is 4.40 Å². The Hall–Kier alpha value is -2.68. The molecular weight excluding hydrogens is 320 g/mol. The predicted octanol–water partition coefficient (Wildman–Crippen LogP) is 0.526. The Labute approximate surface area is 133 Å². The Bertz CT molecular complexity index is 842. The van der Waals surface area contributed by atoms with Crippen LogP contribution < -0.4 is 10.1 Å². The Morgan fingerprint density at radius 3 is 3.00 bits per heavy atom. The smallest absolute Gasteiger partial charge is 0.257 e. The lowest BCUT2D eigenvalue weighted by atomic mass is 10.1. The number of nitrogens with zero attached hydrogens (tertiary/aromatic N) is 3. The van der Waals surface area contributed by atoms with Crippen LogP contribution in [0.3, 0.4) is 0 Å². The van der Waals surface area contributed by atoms with Crippen LogP contribution in [0.4, 0.5) is 5.69 Å². The van der Waals surface area contributed by atoms with Gasteiger partial charge in [0.2, 0.25) is 5.88 Å². The lowest BCUT2D eigenvalue weighted by molar-refractivity contribution is -0.112. The summed E-state index contributed by atoms with van der Waals surface area (Å²) in [5.41, 5.74) is 0.837. The molecule has 0 bridgehead atoms. The van der Waals surface area contributed by atoms with Gasteiger partial charge in [-0.3, -0.25) is 4.79 Å². The van der Waals surface area contributed by atoms with Crippen LogP contribution in [0.5, 0.6) is 5.88 Å². The molecule has 1 aromatic heterocycles. The second-order valence-corrected chi connectivity index (χ2v) is 6.62. The Balaban J connectivity index is 1.80. The van der Waals surface area contributed by atoms with Gasteiger partial charge >= 0.3 is 0 Å². The molecule has 2 aliphatic heterocycles. The highest BCUT2D eigenvalue weighted by atomic mass is 32.2.